The molecule has 3 heterocycles. The quantitative estimate of drug-likeness (QED) is 0.866. The fourth-order valence-corrected chi connectivity index (χ4v) is 3.81. The van der Waals surface area contributed by atoms with Crippen molar-refractivity contribution in [2.75, 3.05) is 0 Å². The normalized spacial score (nSPS) is 21.0. The van der Waals surface area contributed by atoms with Crippen LogP contribution in [0, 0.1) is 5.92 Å². The van der Waals surface area contributed by atoms with Crippen LogP contribution in [-0.4, -0.2) is 20.3 Å². The molecule has 0 amide bonds. The van der Waals surface area contributed by atoms with Crippen LogP contribution in [-0.2, 0) is 4.79 Å². The van der Waals surface area contributed by atoms with Crippen molar-refractivity contribution < 1.29 is 4.79 Å². The van der Waals surface area contributed by atoms with Crippen molar-refractivity contribution in [2.45, 2.75) is 44.6 Å². The van der Waals surface area contributed by atoms with E-state index >= 15 is 0 Å². The van der Waals surface area contributed by atoms with Crippen LogP contribution >= 0.6 is 0 Å². The fourth-order valence-electron chi connectivity index (χ4n) is 3.81. The standard InChI is InChI=1S/C17H19N3O/c21-17(12-4-2-1-3-5-12)8-15-14-9-18-7-6-13(14)16-10-19-11-20(15)16/h6-7,9-12,15H,1-5,8H2. The molecule has 2 aromatic heterocycles. The summed E-state index contributed by atoms with van der Waals surface area (Å²) in [5.41, 5.74) is 3.44. The number of hydrogen-bond donors (Lipinski definition) is 0. The summed E-state index contributed by atoms with van der Waals surface area (Å²) in [6.07, 6.45) is 13.8. The molecule has 1 saturated carbocycles. The summed E-state index contributed by atoms with van der Waals surface area (Å²) in [6, 6.07) is 2.11. The molecule has 0 bridgehead atoms. The summed E-state index contributed by atoms with van der Waals surface area (Å²) in [5, 5.41) is 0. The number of carbonyl (C=O) groups excluding carboxylic acids is 1. The first-order valence-corrected chi connectivity index (χ1v) is 7.83. The zero-order chi connectivity index (χ0) is 14.2. The van der Waals surface area contributed by atoms with Gasteiger partial charge in [-0.2, -0.15) is 0 Å². The minimum Gasteiger partial charge on any atom is -0.322 e. The van der Waals surface area contributed by atoms with Crippen molar-refractivity contribution in [1.29, 1.82) is 0 Å². The maximum Gasteiger partial charge on any atom is 0.138 e. The maximum atomic E-state index is 12.6. The molecule has 4 heteroatoms. The summed E-state index contributed by atoms with van der Waals surface area (Å²) >= 11 is 0. The summed E-state index contributed by atoms with van der Waals surface area (Å²) in [6.45, 7) is 0. The molecule has 2 aliphatic rings. The first-order valence-electron chi connectivity index (χ1n) is 7.83. The molecule has 108 valence electrons. The van der Waals surface area contributed by atoms with Gasteiger partial charge in [-0.25, -0.2) is 4.98 Å². The molecule has 1 fully saturated rings. The van der Waals surface area contributed by atoms with E-state index in [1.165, 1.54) is 30.4 Å². The predicted octanol–water partition coefficient (Wildman–Crippen LogP) is 3.39. The highest BCUT2D eigenvalue weighted by Gasteiger charge is 2.32. The van der Waals surface area contributed by atoms with Gasteiger partial charge in [-0.1, -0.05) is 19.3 Å². The van der Waals surface area contributed by atoms with Crippen LogP contribution < -0.4 is 0 Å². The minimum atomic E-state index is 0.0839. The number of pyridine rings is 1. The maximum absolute atomic E-state index is 12.6. The highest BCUT2D eigenvalue weighted by Crippen LogP contribution is 2.41. The molecule has 0 radical (unpaired) electrons. The lowest BCUT2D eigenvalue weighted by molar-refractivity contribution is -0.124. The summed E-state index contributed by atoms with van der Waals surface area (Å²) in [7, 11) is 0. The minimum absolute atomic E-state index is 0.0839. The smallest absolute Gasteiger partial charge is 0.138 e. The van der Waals surface area contributed by atoms with Gasteiger partial charge in [0.25, 0.3) is 0 Å². The van der Waals surface area contributed by atoms with E-state index in [1.54, 1.807) is 0 Å². The SMILES string of the molecule is O=C(CC1c2cnccc2-c2cncn21)C1CCCCC1. The first kappa shape index (κ1) is 12.7. The molecule has 1 unspecified atom stereocenters. The number of fused-ring (bicyclic) bond motifs is 3. The van der Waals surface area contributed by atoms with E-state index in [0.29, 0.717) is 12.2 Å². The van der Waals surface area contributed by atoms with Gasteiger partial charge < -0.3 is 4.57 Å². The van der Waals surface area contributed by atoms with Crippen LogP contribution in [0.4, 0.5) is 0 Å². The number of Topliss-reactive ketones (excluding diaryl/α,β-unsaturated/α-hetero) is 1. The Kier molecular flexibility index (Phi) is 3.09. The fraction of sp³-hybridized carbons (Fsp3) is 0.471. The third-order valence-electron chi connectivity index (χ3n) is 4.94. The number of ketones is 1. The predicted molar refractivity (Wildman–Crippen MR) is 79.8 cm³/mol. The van der Waals surface area contributed by atoms with E-state index in [0.717, 1.165) is 18.5 Å². The number of rotatable bonds is 3. The largest absolute Gasteiger partial charge is 0.322 e. The van der Waals surface area contributed by atoms with Crippen molar-refractivity contribution in [2.24, 2.45) is 5.92 Å². The summed E-state index contributed by atoms with van der Waals surface area (Å²) < 4.78 is 2.13. The lowest BCUT2D eigenvalue weighted by Gasteiger charge is -2.22. The van der Waals surface area contributed by atoms with Gasteiger partial charge in [0.15, 0.2) is 0 Å². The van der Waals surface area contributed by atoms with Gasteiger partial charge in [0.1, 0.15) is 5.78 Å². The van der Waals surface area contributed by atoms with E-state index in [4.69, 9.17) is 0 Å². The van der Waals surface area contributed by atoms with Gasteiger partial charge in [0.05, 0.1) is 24.3 Å². The highest BCUT2D eigenvalue weighted by molar-refractivity contribution is 5.83. The third-order valence-corrected chi connectivity index (χ3v) is 4.94. The van der Waals surface area contributed by atoms with Gasteiger partial charge in [-0.15, -0.1) is 0 Å². The van der Waals surface area contributed by atoms with Crippen LogP contribution in [0.2, 0.25) is 0 Å². The average Bonchev–Trinajstić information content (AvgIpc) is 3.11. The molecule has 0 saturated heterocycles. The molecular weight excluding hydrogens is 262 g/mol. The highest BCUT2D eigenvalue weighted by atomic mass is 16.1. The molecule has 4 rings (SSSR count). The molecule has 1 atom stereocenters. The molecule has 0 N–H and O–H groups in total. The van der Waals surface area contributed by atoms with Crippen molar-refractivity contribution in [3.05, 3.63) is 36.5 Å². The van der Waals surface area contributed by atoms with Crippen LogP contribution in [0.5, 0.6) is 0 Å². The number of carbonyl (C=O) groups is 1. The molecule has 2 aromatic rings. The number of hydrogen-bond acceptors (Lipinski definition) is 3. The number of aromatic nitrogens is 3. The van der Waals surface area contributed by atoms with E-state index < -0.39 is 0 Å². The van der Waals surface area contributed by atoms with E-state index in [9.17, 15) is 4.79 Å². The summed E-state index contributed by atoms with van der Waals surface area (Å²) in [4.78, 5) is 21.1. The van der Waals surface area contributed by atoms with Crippen LogP contribution in [0.1, 0.15) is 50.1 Å². The molecule has 21 heavy (non-hydrogen) atoms. The van der Waals surface area contributed by atoms with Crippen LogP contribution in [0.25, 0.3) is 11.3 Å². The van der Waals surface area contributed by atoms with Crippen molar-refractivity contribution >= 4 is 5.78 Å². The Bertz CT molecular complexity index is 670. The van der Waals surface area contributed by atoms with E-state index in [2.05, 4.69) is 14.5 Å². The Morgan fingerprint density at radius 3 is 2.90 bits per heavy atom. The lowest BCUT2D eigenvalue weighted by Crippen LogP contribution is -2.21. The second-order valence-corrected chi connectivity index (χ2v) is 6.17. The van der Waals surface area contributed by atoms with Gasteiger partial charge >= 0.3 is 0 Å². The number of imidazole rings is 1. The van der Waals surface area contributed by atoms with Crippen molar-refractivity contribution in [3.63, 3.8) is 0 Å². The Balaban J connectivity index is 1.62. The first-order chi connectivity index (χ1) is 10.3. The average molecular weight is 281 g/mol. The topological polar surface area (TPSA) is 47.8 Å². The molecular formula is C17H19N3O. The van der Waals surface area contributed by atoms with Crippen molar-refractivity contribution in [1.82, 2.24) is 14.5 Å². The second-order valence-electron chi connectivity index (χ2n) is 6.17. The zero-order valence-electron chi connectivity index (χ0n) is 12.0. The summed E-state index contributed by atoms with van der Waals surface area (Å²) in [5.74, 6) is 0.683. The second kappa shape index (κ2) is 5.10. The Morgan fingerprint density at radius 2 is 2.05 bits per heavy atom. The van der Waals surface area contributed by atoms with Gasteiger partial charge in [-0.3, -0.25) is 9.78 Å². The zero-order valence-corrected chi connectivity index (χ0v) is 12.0. The van der Waals surface area contributed by atoms with E-state index in [-0.39, 0.29) is 12.0 Å². The van der Waals surface area contributed by atoms with Gasteiger partial charge in [0.2, 0.25) is 0 Å². The van der Waals surface area contributed by atoms with E-state index in [1.807, 2.05) is 31.0 Å². The Hall–Kier alpha value is -1.97. The van der Waals surface area contributed by atoms with Gasteiger partial charge in [-0.05, 0) is 18.9 Å². The molecule has 4 nitrogen and oxygen atoms in total. The molecule has 0 aromatic carbocycles. The van der Waals surface area contributed by atoms with Crippen LogP contribution in [0.3, 0.4) is 0 Å². The van der Waals surface area contributed by atoms with Gasteiger partial charge in [0, 0.05) is 35.9 Å². The molecule has 1 aliphatic carbocycles. The Labute approximate surface area is 124 Å². The third kappa shape index (κ3) is 2.09. The van der Waals surface area contributed by atoms with Crippen LogP contribution in [0.15, 0.2) is 31.0 Å². The number of nitrogens with zero attached hydrogens (tertiary/aromatic N) is 3. The Morgan fingerprint density at radius 1 is 1.19 bits per heavy atom. The molecule has 0 spiro atoms. The molecule has 1 aliphatic heterocycles. The lowest BCUT2D eigenvalue weighted by atomic mass is 9.83. The monoisotopic (exact) mass is 281 g/mol. The van der Waals surface area contributed by atoms with Crippen molar-refractivity contribution in [3.8, 4) is 11.3 Å².